The fraction of sp³-hybridized carbons (Fsp3) is 0.800. The number of carbonyl (C=O) groups is 5. The summed E-state index contributed by atoms with van der Waals surface area (Å²) in [6.07, 6.45) is 3.53. The summed E-state index contributed by atoms with van der Waals surface area (Å²) >= 11 is 0. The lowest BCUT2D eigenvalue weighted by atomic mass is 9.48. The molecule has 1 N–H and O–H groups in total. The minimum Gasteiger partial charge on any atom is -0.467 e. The highest BCUT2D eigenvalue weighted by molar-refractivity contribution is 5.99. The van der Waals surface area contributed by atoms with Gasteiger partial charge in [0.25, 0.3) is 0 Å². The molecule has 7 heteroatoms. The fourth-order valence-corrected chi connectivity index (χ4v) is 6.62. The lowest BCUT2D eigenvalue weighted by molar-refractivity contribution is -0.160. The van der Waals surface area contributed by atoms with Crippen LogP contribution in [0.5, 0.6) is 0 Å². The van der Waals surface area contributed by atoms with E-state index in [0.717, 1.165) is 6.42 Å². The molecule has 7 atom stereocenters. The molecular weight excluding hydrogens is 410 g/mol. The molecule has 3 fully saturated rings. The van der Waals surface area contributed by atoms with Crippen LogP contribution in [0.15, 0.2) is 0 Å². The van der Waals surface area contributed by atoms with E-state index in [1.165, 1.54) is 7.11 Å². The second-order valence-corrected chi connectivity index (χ2v) is 10.6. The number of methoxy groups -OCH3 is 1. The van der Waals surface area contributed by atoms with Crippen LogP contribution in [0, 0.1) is 34.5 Å². The predicted molar refractivity (Wildman–Crippen MR) is 117 cm³/mol. The molecule has 7 nitrogen and oxygen atoms in total. The molecule has 3 rings (SSSR count). The molecule has 0 radical (unpaired) electrons. The maximum atomic E-state index is 13.3. The molecule has 0 aromatic carbocycles. The number of hydrogen-bond donors (Lipinski definition) is 1. The molecule has 3 saturated carbocycles. The number of hydrogen-bond acceptors (Lipinski definition) is 6. The normalized spacial score (nSPS) is 36.2. The SMILES string of the molecule is CCC(C)C(NC(=O)CCC1(C)C(=O)CCC2C3CCC(=O)C3(C)CC(=O)C21)C(=O)OC. The lowest BCUT2D eigenvalue weighted by Crippen LogP contribution is -2.56. The summed E-state index contributed by atoms with van der Waals surface area (Å²) in [6, 6.07) is -0.735. The Balaban J connectivity index is 1.76. The number of ketones is 3. The van der Waals surface area contributed by atoms with Gasteiger partial charge in [0.05, 0.1) is 7.11 Å². The topological polar surface area (TPSA) is 107 Å². The molecule has 3 aliphatic rings. The average Bonchev–Trinajstić information content (AvgIpc) is 3.05. The van der Waals surface area contributed by atoms with Gasteiger partial charge in [0.2, 0.25) is 5.91 Å². The van der Waals surface area contributed by atoms with Crippen molar-refractivity contribution in [3.05, 3.63) is 0 Å². The van der Waals surface area contributed by atoms with Crippen molar-refractivity contribution in [2.45, 2.75) is 85.1 Å². The third-order valence-electron chi connectivity index (χ3n) is 8.86. The first-order chi connectivity index (χ1) is 15.0. The summed E-state index contributed by atoms with van der Waals surface area (Å²) in [7, 11) is 1.29. The van der Waals surface area contributed by atoms with E-state index in [1.807, 2.05) is 27.7 Å². The fourth-order valence-electron chi connectivity index (χ4n) is 6.62. The van der Waals surface area contributed by atoms with Crippen LogP contribution in [0.2, 0.25) is 0 Å². The van der Waals surface area contributed by atoms with Gasteiger partial charge in [0.15, 0.2) is 0 Å². The Morgan fingerprint density at radius 1 is 1.12 bits per heavy atom. The maximum Gasteiger partial charge on any atom is 0.328 e. The standard InChI is InChI=1S/C25H37NO6/c1-6-14(2)22(23(31)32-5)26-20(30)11-12-24(3)18(28)9-7-15-16-8-10-19(29)25(16,4)13-17(27)21(15)24/h14-16,21-22H,6-13H2,1-5H3,(H,26,30). The van der Waals surface area contributed by atoms with Crippen LogP contribution < -0.4 is 5.32 Å². The Bertz CT molecular complexity index is 821. The van der Waals surface area contributed by atoms with E-state index in [1.54, 1.807) is 0 Å². The Morgan fingerprint density at radius 2 is 1.78 bits per heavy atom. The van der Waals surface area contributed by atoms with Crippen molar-refractivity contribution in [2.75, 3.05) is 7.11 Å². The van der Waals surface area contributed by atoms with E-state index >= 15 is 0 Å². The quantitative estimate of drug-likeness (QED) is 0.601. The zero-order valence-corrected chi connectivity index (χ0v) is 20.0. The van der Waals surface area contributed by atoms with Crippen LogP contribution in [0.3, 0.4) is 0 Å². The van der Waals surface area contributed by atoms with Crippen LogP contribution in [0.1, 0.15) is 79.1 Å². The first kappa shape index (κ1) is 24.6. The van der Waals surface area contributed by atoms with E-state index in [9.17, 15) is 24.0 Å². The zero-order chi connectivity index (χ0) is 23.8. The van der Waals surface area contributed by atoms with Gasteiger partial charge in [0, 0.05) is 42.4 Å². The molecule has 32 heavy (non-hydrogen) atoms. The van der Waals surface area contributed by atoms with Gasteiger partial charge in [0.1, 0.15) is 23.4 Å². The Morgan fingerprint density at radius 3 is 2.41 bits per heavy atom. The van der Waals surface area contributed by atoms with Gasteiger partial charge >= 0.3 is 5.97 Å². The Labute approximate surface area is 190 Å². The van der Waals surface area contributed by atoms with Crippen molar-refractivity contribution in [1.82, 2.24) is 5.32 Å². The van der Waals surface area contributed by atoms with Crippen molar-refractivity contribution in [3.63, 3.8) is 0 Å². The van der Waals surface area contributed by atoms with E-state index in [-0.39, 0.29) is 60.3 Å². The van der Waals surface area contributed by atoms with Crippen LogP contribution in [0.25, 0.3) is 0 Å². The molecule has 178 valence electrons. The summed E-state index contributed by atoms with van der Waals surface area (Å²) in [4.78, 5) is 63.8. The van der Waals surface area contributed by atoms with Crippen molar-refractivity contribution >= 4 is 29.2 Å². The molecule has 0 saturated heterocycles. The molecule has 0 heterocycles. The molecule has 1 amide bonds. The van der Waals surface area contributed by atoms with Gasteiger partial charge in [-0.15, -0.1) is 0 Å². The highest BCUT2D eigenvalue weighted by Crippen LogP contribution is 2.60. The Kier molecular flexibility index (Phi) is 6.97. The highest BCUT2D eigenvalue weighted by Gasteiger charge is 2.62. The number of rotatable bonds is 7. The largest absolute Gasteiger partial charge is 0.467 e. The number of Topliss-reactive ketones (excluding diaryl/α,β-unsaturated/α-hetero) is 3. The van der Waals surface area contributed by atoms with Gasteiger partial charge in [-0.1, -0.05) is 34.1 Å². The number of ether oxygens (including phenoxy) is 1. The summed E-state index contributed by atoms with van der Waals surface area (Å²) in [5, 5.41) is 2.77. The van der Waals surface area contributed by atoms with Crippen LogP contribution >= 0.6 is 0 Å². The van der Waals surface area contributed by atoms with Crippen LogP contribution in [-0.2, 0) is 28.7 Å². The molecular formula is C25H37NO6. The van der Waals surface area contributed by atoms with E-state index in [2.05, 4.69) is 5.32 Å². The van der Waals surface area contributed by atoms with Gasteiger partial charge in [-0.05, 0) is 37.0 Å². The molecule has 0 bridgehead atoms. The van der Waals surface area contributed by atoms with Crippen molar-refractivity contribution < 1.29 is 28.7 Å². The number of nitrogens with one attached hydrogen (secondary N) is 1. The number of fused-ring (bicyclic) bond motifs is 3. The van der Waals surface area contributed by atoms with Crippen molar-refractivity contribution in [3.8, 4) is 0 Å². The minimum absolute atomic E-state index is 0.00741. The van der Waals surface area contributed by atoms with Crippen molar-refractivity contribution in [2.24, 2.45) is 34.5 Å². The number of carbonyl (C=O) groups excluding carboxylic acids is 5. The third kappa shape index (κ3) is 4.03. The minimum atomic E-state index is -0.915. The van der Waals surface area contributed by atoms with Gasteiger partial charge in [-0.2, -0.15) is 0 Å². The first-order valence-electron chi connectivity index (χ1n) is 12.0. The van der Waals surface area contributed by atoms with Gasteiger partial charge in [-0.3, -0.25) is 19.2 Å². The molecule has 0 aliphatic heterocycles. The van der Waals surface area contributed by atoms with E-state index in [4.69, 9.17) is 4.74 Å². The summed E-state index contributed by atoms with van der Waals surface area (Å²) < 4.78 is 4.83. The molecule has 0 aromatic heterocycles. The second-order valence-electron chi connectivity index (χ2n) is 10.6. The van der Waals surface area contributed by atoms with Crippen LogP contribution in [-0.4, -0.2) is 42.4 Å². The van der Waals surface area contributed by atoms with Gasteiger partial charge in [-0.25, -0.2) is 4.79 Å². The smallest absolute Gasteiger partial charge is 0.328 e. The highest BCUT2D eigenvalue weighted by atomic mass is 16.5. The Hall–Kier alpha value is -2.05. The first-order valence-corrected chi connectivity index (χ1v) is 12.0. The molecule has 7 unspecified atom stereocenters. The number of amides is 1. The van der Waals surface area contributed by atoms with Gasteiger partial charge < -0.3 is 10.1 Å². The van der Waals surface area contributed by atoms with E-state index in [0.29, 0.717) is 25.7 Å². The monoisotopic (exact) mass is 447 g/mol. The summed E-state index contributed by atoms with van der Waals surface area (Å²) in [6.45, 7) is 7.55. The number of esters is 1. The van der Waals surface area contributed by atoms with Crippen molar-refractivity contribution in [1.29, 1.82) is 0 Å². The molecule has 0 aromatic rings. The molecule has 3 aliphatic carbocycles. The third-order valence-corrected chi connectivity index (χ3v) is 8.86. The summed E-state index contributed by atoms with van der Waals surface area (Å²) in [5.74, 6) is -0.986. The van der Waals surface area contributed by atoms with Crippen LogP contribution in [0.4, 0.5) is 0 Å². The summed E-state index contributed by atoms with van der Waals surface area (Å²) in [5.41, 5.74) is -1.51. The lowest BCUT2D eigenvalue weighted by Gasteiger charge is -2.53. The van der Waals surface area contributed by atoms with E-state index < -0.39 is 28.8 Å². The second kappa shape index (κ2) is 9.06. The maximum absolute atomic E-state index is 13.3. The predicted octanol–water partition coefficient (Wildman–Crippen LogP) is 3.03. The molecule has 0 spiro atoms. The zero-order valence-electron chi connectivity index (χ0n) is 20.0. The average molecular weight is 448 g/mol.